The van der Waals surface area contributed by atoms with Gasteiger partial charge >= 0.3 is 12.2 Å². The number of carbonyl (C=O) groups excluding carboxylic acids is 2. The number of nitrogens with two attached hydrogens (primary N) is 2. The van der Waals surface area contributed by atoms with E-state index in [0.29, 0.717) is 26.2 Å². The van der Waals surface area contributed by atoms with Gasteiger partial charge in [0.05, 0.1) is 25.3 Å². The smallest absolute Gasteiger partial charge is 0.410 e. The van der Waals surface area contributed by atoms with Crippen LogP contribution in [0.3, 0.4) is 0 Å². The maximum atomic E-state index is 11.8. The minimum absolute atomic E-state index is 0.00341. The van der Waals surface area contributed by atoms with Crippen LogP contribution < -0.4 is 11.5 Å². The zero-order chi connectivity index (χ0) is 24.7. The van der Waals surface area contributed by atoms with Crippen molar-refractivity contribution in [2.75, 3.05) is 40.4 Å². The van der Waals surface area contributed by atoms with Gasteiger partial charge in [0.25, 0.3) is 0 Å². The van der Waals surface area contributed by atoms with Crippen LogP contribution in [-0.2, 0) is 18.9 Å². The minimum Gasteiger partial charge on any atom is -0.444 e. The van der Waals surface area contributed by atoms with Crippen molar-refractivity contribution in [1.82, 2.24) is 9.80 Å². The molecule has 0 bridgehead atoms. The van der Waals surface area contributed by atoms with Crippen molar-refractivity contribution in [3.05, 3.63) is 0 Å². The van der Waals surface area contributed by atoms with Crippen molar-refractivity contribution in [1.29, 1.82) is 0 Å². The average molecular weight is 461 g/mol. The second kappa shape index (κ2) is 12.0. The van der Waals surface area contributed by atoms with Gasteiger partial charge in [0.15, 0.2) is 0 Å². The summed E-state index contributed by atoms with van der Waals surface area (Å²) in [5.41, 5.74) is 10.8. The Balaban J connectivity index is 0.000000320. The van der Waals surface area contributed by atoms with E-state index in [2.05, 4.69) is 0 Å². The molecular weight excluding hydrogens is 416 g/mol. The maximum absolute atomic E-state index is 11.8. The van der Waals surface area contributed by atoms with Crippen LogP contribution in [0.4, 0.5) is 9.59 Å². The standard InChI is InChI=1S/2C11H22N2O3/c2*1-11(2,3)16-10(14)13-6-5-8(12)9(7-13)15-4/h2*8-9H,5-7,12H2,1-4H3/t2*8-,9+/m10/s1. The molecule has 0 aromatic rings. The number of nitrogens with zero attached hydrogens (tertiary/aromatic N) is 2. The molecule has 0 radical (unpaired) electrons. The minimum atomic E-state index is -0.459. The molecule has 4 atom stereocenters. The number of rotatable bonds is 2. The van der Waals surface area contributed by atoms with Crippen LogP contribution in [0.5, 0.6) is 0 Å². The van der Waals surface area contributed by atoms with Crippen molar-refractivity contribution in [2.24, 2.45) is 11.5 Å². The third kappa shape index (κ3) is 9.89. The Bertz CT molecular complexity index is 552. The molecule has 32 heavy (non-hydrogen) atoms. The number of methoxy groups -OCH3 is 2. The van der Waals surface area contributed by atoms with Crippen molar-refractivity contribution in [3.8, 4) is 0 Å². The topological polar surface area (TPSA) is 130 Å². The molecule has 0 spiro atoms. The number of hydrogen-bond acceptors (Lipinski definition) is 8. The van der Waals surface area contributed by atoms with Crippen molar-refractivity contribution in [2.45, 2.75) is 89.9 Å². The van der Waals surface area contributed by atoms with Crippen LogP contribution >= 0.6 is 0 Å². The predicted molar refractivity (Wildman–Crippen MR) is 122 cm³/mol. The fourth-order valence-electron chi connectivity index (χ4n) is 3.35. The van der Waals surface area contributed by atoms with E-state index in [1.54, 1.807) is 24.0 Å². The Morgan fingerprint density at radius 1 is 0.719 bits per heavy atom. The summed E-state index contributed by atoms with van der Waals surface area (Å²) in [6.07, 6.45) is 0.723. The molecule has 0 aliphatic carbocycles. The molecule has 0 unspecified atom stereocenters. The highest BCUT2D eigenvalue weighted by Crippen LogP contribution is 2.17. The fourth-order valence-corrected chi connectivity index (χ4v) is 3.35. The summed E-state index contributed by atoms with van der Waals surface area (Å²) in [7, 11) is 3.23. The molecule has 0 saturated carbocycles. The normalized spacial score (nSPS) is 26.7. The number of hydrogen-bond donors (Lipinski definition) is 2. The lowest BCUT2D eigenvalue weighted by Crippen LogP contribution is -2.53. The molecule has 2 amide bonds. The summed E-state index contributed by atoms with van der Waals surface area (Å²) >= 11 is 0. The van der Waals surface area contributed by atoms with E-state index in [9.17, 15) is 9.59 Å². The first-order valence-electron chi connectivity index (χ1n) is 11.2. The Labute approximate surface area is 192 Å². The Kier molecular flexibility index (Phi) is 10.7. The van der Waals surface area contributed by atoms with Gasteiger partial charge in [-0.1, -0.05) is 0 Å². The number of carbonyl (C=O) groups is 2. The van der Waals surface area contributed by atoms with Crippen LogP contribution in [0.25, 0.3) is 0 Å². The summed E-state index contributed by atoms with van der Waals surface area (Å²) < 4.78 is 21.1. The number of likely N-dealkylation sites (tertiary alicyclic amines) is 2. The average Bonchev–Trinajstić information content (AvgIpc) is 2.66. The van der Waals surface area contributed by atoms with E-state index in [4.69, 9.17) is 30.4 Å². The largest absolute Gasteiger partial charge is 0.444 e. The van der Waals surface area contributed by atoms with Gasteiger partial charge in [-0.2, -0.15) is 0 Å². The van der Waals surface area contributed by atoms with Crippen LogP contribution in [-0.4, -0.2) is 97.9 Å². The van der Waals surface area contributed by atoms with E-state index in [1.807, 2.05) is 41.5 Å². The third-order valence-corrected chi connectivity index (χ3v) is 5.13. The molecule has 0 aromatic carbocycles. The van der Waals surface area contributed by atoms with Gasteiger partial charge in [-0.25, -0.2) is 9.59 Å². The summed E-state index contributed by atoms with van der Waals surface area (Å²) in [4.78, 5) is 26.9. The lowest BCUT2D eigenvalue weighted by atomic mass is 10.0. The van der Waals surface area contributed by atoms with Gasteiger partial charge in [-0.05, 0) is 54.4 Å². The highest BCUT2D eigenvalue weighted by molar-refractivity contribution is 5.68. The molecule has 2 heterocycles. The molecule has 2 fully saturated rings. The second-order valence-electron chi connectivity index (χ2n) is 10.3. The van der Waals surface area contributed by atoms with E-state index in [-0.39, 0.29) is 36.5 Å². The fraction of sp³-hybridized carbons (Fsp3) is 0.909. The van der Waals surface area contributed by atoms with Crippen LogP contribution in [0.1, 0.15) is 54.4 Å². The molecule has 4 N–H and O–H groups in total. The van der Waals surface area contributed by atoms with Crippen LogP contribution in [0.15, 0.2) is 0 Å². The van der Waals surface area contributed by atoms with Crippen molar-refractivity contribution < 1.29 is 28.5 Å². The van der Waals surface area contributed by atoms with E-state index in [1.165, 1.54) is 0 Å². The van der Waals surface area contributed by atoms with Gasteiger partial charge in [0.2, 0.25) is 0 Å². The lowest BCUT2D eigenvalue weighted by Gasteiger charge is -2.36. The highest BCUT2D eigenvalue weighted by atomic mass is 16.6. The first kappa shape index (κ1) is 28.4. The van der Waals surface area contributed by atoms with E-state index >= 15 is 0 Å². The summed E-state index contributed by atoms with van der Waals surface area (Å²) in [5.74, 6) is 0. The quantitative estimate of drug-likeness (QED) is 0.639. The van der Waals surface area contributed by atoms with E-state index < -0.39 is 11.2 Å². The maximum Gasteiger partial charge on any atom is 0.410 e. The third-order valence-electron chi connectivity index (χ3n) is 5.13. The molecule has 188 valence electrons. The lowest BCUT2D eigenvalue weighted by molar-refractivity contribution is -0.0131. The van der Waals surface area contributed by atoms with Crippen LogP contribution in [0.2, 0.25) is 0 Å². The number of ether oxygens (including phenoxy) is 4. The molecule has 10 nitrogen and oxygen atoms in total. The van der Waals surface area contributed by atoms with Gasteiger partial charge in [0, 0.05) is 39.4 Å². The van der Waals surface area contributed by atoms with Gasteiger partial charge in [-0.3, -0.25) is 0 Å². The monoisotopic (exact) mass is 460 g/mol. The summed E-state index contributed by atoms with van der Waals surface area (Å²) in [6.45, 7) is 13.4. The van der Waals surface area contributed by atoms with E-state index in [0.717, 1.165) is 12.8 Å². The first-order chi connectivity index (χ1) is 14.7. The number of amides is 2. The Morgan fingerprint density at radius 2 is 1.03 bits per heavy atom. The van der Waals surface area contributed by atoms with Crippen molar-refractivity contribution >= 4 is 12.2 Å². The summed E-state index contributed by atoms with van der Waals surface area (Å²) in [6, 6.07) is 0.00683. The molecular formula is C22H44N4O6. The molecule has 0 aromatic heterocycles. The number of piperidine rings is 2. The van der Waals surface area contributed by atoms with Crippen LogP contribution in [0, 0.1) is 0 Å². The second-order valence-corrected chi connectivity index (χ2v) is 10.3. The zero-order valence-corrected chi connectivity index (χ0v) is 21.1. The first-order valence-corrected chi connectivity index (χ1v) is 11.2. The van der Waals surface area contributed by atoms with Gasteiger partial charge in [-0.15, -0.1) is 0 Å². The Morgan fingerprint density at radius 3 is 1.28 bits per heavy atom. The van der Waals surface area contributed by atoms with Gasteiger partial charge < -0.3 is 40.2 Å². The molecule has 2 saturated heterocycles. The zero-order valence-electron chi connectivity index (χ0n) is 21.1. The SMILES string of the molecule is CO[C@@H]1CN(C(=O)OC(C)(C)C)CC[C@@H]1N.CO[C@H]1CN(C(=O)OC(C)(C)C)CC[C@H]1N. The molecule has 2 rings (SSSR count). The predicted octanol–water partition coefficient (Wildman–Crippen LogP) is 1.94. The summed E-state index contributed by atoms with van der Waals surface area (Å²) in [5, 5.41) is 0. The Hall–Kier alpha value is -1.62. The molecule has 10 heteroatoms. The molecule has 2 aliphatic rings. The highest BCUT2D eigenvalue weighted by Gasteiger charge is 2.32. The molecule has 2 aliphatic heterocycles. The van der Waals surface area contributed by atoms with Gasteiger partial charge in [0.1, 0.15) is 11.2 Å². The van der Waals surface area contributed by atoms with Crippen molar-refractivity contribution in [3.63, 3.8) is 0 Å².